The summed E-state index contributed by atoms with van der Waals surface area (Å²) in [4.78, 5) is 59.7. The lowest BCUT2D eigenvalue weighted by atomic mass is 9.97. The highest BCUT2D eigenvalue weighted by Crippen LogP contribution is 2.26. The fourth-order valence-corrected chi connectivity index (χ4v) is 6.46. The van der Waals surface area contributed by atoms with Crippen LogP contribution in [0.4, 0.5) is 0 Å². The second-order valence-corrected chi connectivity index (χ2v) is 11.6. The number of rotatable bonds is 9. The fraction of sp³-hybridized carbons (Fsp3) is 0.515. The Morgan fingerprint density at radius 3 is 2.19 bits per heavy atom. The lowest BCUT2D eigenvalue weighted by molar-refractivity contribution is -0.158. The molecule has 9 heteroatoms. The summed E-state index contributed by atoms with van der Waals surface area (Å²) >= 11 is 0. The van der Waals surface area contributed by atoms with Gasteiger partial charge in [0.25, 0.3) is 0 Å². The Kier molecular flexibility index (Phi) is 9.89. The molecule has 42 heavy (non-hydrogen) atoms. The highest BCUT2D eigenvalue weighted by molar-refractivity contribution is 5.94. The van der Waals surface area contributed by atoms with Gasteiger partial charge in [-0.25, -0.2) is 4.79 Å². The number of likely N-dealkylation sites (N-methyl/N-ethyl adjacent to an activating group) is 1. The molecule has 3 aliphatic rings. The van der Waals surface area contributed by atoms with Crippen LogP contribution in [0.2, 0.25) is 0 Å². The van der Waals surface area contributed by atoms with Crippen molar-refractivity contribution in [3.63, 3.8) is 0 Å². The van der Waals surface area contributed by atoms with Crippen molar-refractivity contribution < 1.29 is 23.9 Å². The summed E-state index contributed by atoms with van der Waals surface area (Å²) in [7, 11) is 1.66. The molecule has 4 atom stereocenters. The van der Waals surface area contributed by atoms with Crippen LogP contribution < -0.4 is 5.32 Å². The lowest BCUT2D eigenvalue weighted by Gasteiger charge is -2.40. The zero-order valence-corrected chi connectivity index (χ0v) is 24.5. The van der Waals surface area contributed by atoms with E-state index in [1.165, 1.54) is 4.90 Å². The second-order valence-electron chi connectivity index (χ2n) is 11.6. The fourth-order valence-electron chi connectivity index (χ4n) is 6.46. The zero-order chi connectivity index (χ0) is 29.5. The molecule has 2 aromatic carbocycles. The molecule has 1 N–H and O–H groups in total. The predicted octanol–water partition coefficient (Wildman–Crippen LogP) is 2.92. The van der Waals surface area contributed by atoms with Crippen molar-refractivity contribution in [3.8, 4) is 0 Å². The van der Waals surface area contributed by atoms with Gasteiger partial charge in [-0.1, -0.05) is 60.7 Å². The molecule has 0 aromatic heterocycles. The third-order valence-corrected chi connectivity index (χ3v) is 8.83. The number of carbonyl (C=O) groups is 4. The predicted molar refractivity (Wildman–Crippen MR) is 158 cm³/mol. The first-order valence-electron chi connectivity index (χ1n) is 15.3. The van der Waals surface area contributed by atoms with Gasteiger partial charge in [0.2, 0.25) is 17.7 Å². The Labute approximate surface area is 248 Å². The third-order valence-electron chi connectivity index (χ3n) is 8.83. The third kappa shape index (κ3) is 6.84. The number of nitrogens with zero attached hydrogens (tertiary/aromatic N) is 3. The molecule has 5 rings (SSSR count). The minimum absolute atomic E-state index is 0.0225. The van der Waals surface area contributed by atoms with Gasteiger partial charge in [-0.3, -0.25) is 14.4 Å². The molecule has 3 aliphatic heterocycles. The van der Waals surface area contributed by atoms with Crippen LogP contribution in [0.15, 0.2) is 60.7 Å². The number of piperidine rings is 1. The van der Waals surface area contributed by atoms with E-state index in [2.05, 4.69) is 5.32 Å². The van der Waals surface area contributed by atoms with Gasteiger partial charge < -0.3 is 24.8 Å². The van der Waals surface area contributed by atoms with Crippen LogP contribution in [0.25, 0.3) is 0 Å². The van der Waals surface area contributed by atoms with Crippen LogP contribution in [0.3, 0.4) is 0 Å². The molecule has 3 saturated heterocycles. The first-order chi connectivity index (χ1) is 20.4. The minimum atomic E-state index is -0.814. The molecular weight excluding hydrogens is 532 g/mol. The topological polar surface area (TPSA) is 99.3 Å². The van der Waals surface area contributed by atoms with Crippen LogP contribution in [0.5, 0.6) is 0 Å². The van der Waals surface area contributed by atoms with E-state index in [0.717, 1.165) is 43.4 Å². The molecule has 2 aromatic rings. The van der Waals surface area contributed by atoms with Gasteiger partial charge in [0, 0.05) is 26.6 Å². The molecule has 0 radical (unpaired) electrons. The van der Waals surface area contributed by atoms with Gasteiger partial charge in [0.15, 0.2) is 0 Å². The monoisotopic (exact) mass is 574 g/mol. The summed E-state index contributed by atoms with van der Waals surface area (Å²) < 4.78 is 5.62. The number of benzene rings is 2. The number of likely N-dealkylation sites (tertiary alicyclic amines) is 2. The van der Waals surface area contributed by atoms with Gasteiger partial charge in [-0.05, 0) is 62.6 Å². The van der Waals surface area contributed by atoms with E-state index in [-0.39, 0.29) is 30.4 Å². The van der Waals surface area contributed by atoms with Crippen LogP contribution in [0.1, 0.15) is 56.1 Å². The van der Waals surface area contributed by atoms with Crippen LogP contribution in [-0.2, 0) is 36.9 Å². The number of ether oxygens (including phenoxy) is 1. The molecule has 3 heterocycles. The maximum atomic E-state index is 14.2. The number of amides is 3. The molecule has 0 spiro atoms. The molecular formula is C33H42N4O5. The second kappa shape index (κ2) is 14.0. The normalized spacial score (nSPS) is 22.9. The number of carbonyl (C=O) groups excluding carboxylic acids is 4. The molecule has 0 saturated carbocycles. The van der Waals surface area contributed by atoms with E-state index >= 15 is 0 Å². The number of esters is 1. The van der Waals surface area contributed by atoms with E-state index in [1.807, 2.05) is 60.7 Å². The van der Waals surface area contributed by atoms with Gasteiger partial charge in [0.05, 0.1) is 6.04 Å². The summed E-state index contributed by atoms with van der Waals surface area (Å²) in [6.07, 6.45) is 5.53. The average Bonchev–Trinajstić information content (AvgIpc) is 3.76. The van der Waals surface area contributed by atoms with E-state index in [1.54, 1.807) is 16.8 Å². The Morgan fingerprint density at radius 2 is 1.50 bits per heavy atom. The summed E-state index contributed by atoms with van der Waals surface area (Å²) in [6.45, 7) is 1.92. The highest BCUT2D eigenvalue weighted by atomic mass is 16.5. The molecule has 0 bridgehead atoms. The molecule has 0 aliphatic carbocycles. The lowest BCUT2D eigenvalue weighted by Crippen LogP contribution is -2.60. The Bertz CT molecular complexity index is 1230. The number of hydrogen-bond donors (Lipinski definition) is 1. The summed E-state index contributed by atoms with van der Waals surface area (Å²) in [6, 6.07) is 16.7. The Balaban J connectivity index is 1.34. The van der Waals surface area contributed by atoms with Gasteiger partial charge >= 0.3 is 5.97 Å². The smallest absolute Gasteiger partial charge is 0.329 e. The van der Waals surface area contributed by atoms with Crippen molar-refractivity contribution in [1.29, 1.82) is 0 Å². The number of nitrogens with one attached hydrogen (secondary N) is 1. The largest absolute Gasteiger partial charge is 0.459 e. The maximum Gasteiger partial charge on any atom is 0.329 e. The van der Waals surface area contributed by atoms with E-state index < -0.39 is 24.1 Å². The zero-order valence-electron chi connectivity index (χ0n) is 24.5. The summed E-state index contributed by atoms with van der Waals surface area (Å²) in [5.74, 6) is -0.936. The Morgan fingerprint density at radius 1 is 0.833 bits per heavy atom. The molecule has 3 fully saturated rings. The number of hydrogen-bond acceptors (Lipinski definition) is 6. The average molecular weight is 575 g/mol. The first-order valence-corrected chi connectivity index (χ1v) is 15.3. The summed E-state index contributed by atoms with van der Waals surface area (Å²) in [5.41, 5.74) is 1.80. The van der Waals surface area contributed by atoms with E-state index in [4.69, 9.17) is 4.74 Å². The quantitative estimate of drug-likeness (QED) is 0.463. The van der Waals surface area contributed by atoms with E-state index in [9.17, 15) is 19.2 Å². The molecule has 9 nitrogen and oxygen atoms in total. The minimum Gasteiger partial charge on any atom is -0.459 e. The van der Waals surface area contributed by atoms with Gasteiger partial charge in [0.1, 0.15) is 24.7 Å². The van der Waals surface area contributed by atoms with Crippen LogP contribution in [0, 0.1) is 0 Å². The van der Waals surface area contributed by atoms with Crippen LogP contribution >= 0.6 is 0 Å². The molecule has 0 unspecified atom stereocenters. The maximum absolute atomic E-state index is 14.2. The van der Waals surface area contributed by atoms with Crippen molar-refractivity contribution in [2.24, 2.45) is 0 Å². The van der Waals surface area contributed by atoms with E-state index in [0.29, 0.717) is 38.8 Å². The SMILES string of the molecule is CN(C(=O)[C@@H]1CCCCN1C(=O)[C@H]1CCCN1)[C@H](Cc1ccccc1)C(=O)N1CCC[C@H]1C(=O)OCc1ccccc1. The van der Waals surface area contributed by atoms with Crippen molar-refractivity contribution in [2.75, 3.05) is 26.7 Å². The van der Waals surface area contributed by atoms with Crippen molar-refractivity contribution in [2.45, 2.75) is 82.1 Å². The highest BCUT2D eigenvalue weighted by Gasteiger charge is 2.43. The van der Waals surface area contributed by atoms with Crippen molar-refractivity contribution in [1.82, 2.24) is 20.0 Å². The van der Waals surface area contributed by atoms with Crippen LogP contribution in [-0.4, -0.2) is 89.2 Å². The van der Waals surface area contributed by atoms with Crippen molar-refractivity contribution >= 4 is 23.7 Å². The van der Waals surface area contributed by atoms with Gasteiger partial charge in [-0.2, -0.15) is 0 Å². The Hall–Kier alpha value is -3.72. The van der Waals surface area contributed by atoms with Crippen molar-refractivity contribution in [3.05, 3.63) is 71.8 Å². The molecule has 3 amide bonds. The first kappa shape index (κ1) is 29.8. The molecule has 224 valence electrons. The van der Waals surface area contributed by atoms with Gasteiger partial charge in [-0.15, -0.1) is 0 Å². The summed E-state index contributed by atoms with van der Waals surface area (Å²) in [5, 5.41) is 3.27. The standard InChI is InChI=1S/C33H42N4O5/c1-35(31(39)27-17-8-9-20-36(27)30(38)26-16-10-19-34-26)29(22-24-12-4-2-5-13-24)32(40)37-21-11-18-28(37)33(41)42-23-25-14-6-3-7-15-25/h2-7,12-15,26-29,34H,8-11,16-23H2,1H3/t26-,27+,28+,29-/m1/s1.